The third-order valence-corrected chi connectivity index (χ3v) is 3.81. The highest BCUT2D eigenvalue weighted by molar-refractivity contribution is 9.10. The summed E-state index contributed by atoms with van der Waals surface area (Å²) in [6.45, 7) is 4.25. The highest BCUT2D eigenvalue weighted by Crippen LogP contribution is 2.23. The van der Waals surface area contributed by atoms with Gasteiger partial charge in [0.2, 0.25) is 5.91 Å². The molecule has 0 saturated carbocycles. The van der Waals surface area contributed by atoms with E-state index in [9.17, 15) is 4.79 Å². The largest absolute Gasteiger partial charge is 0.325 e. The molecule has 0 aliphatic heterocycles. The van der Waals surface area contributed by atoms with Crippen molar-refractivity contribution in [3.05, 3.63) is 28.2 Å². The summed E-state index contributed by atoms with van der Waals surface area (Å²) in [5.74, 6) is 0.111. The van der Waals surface area contributed by atoms with Crippen molar-refractivity contribution in [2.75, 3.05) is 5.32 Å². The van der Waals surface area contributed by atoms with Crippen LogP contribution in [-0.2, 0) is 4.79 Å². The third kappa shape index (κ3) is 6.76. The Bertz CT molecular complexity index is 404. The van der Waals surface area contributed by atoms with E-state index in [2.05, 4.69) is 28.2 Å². The van der Waals surface area contributed by atoms with E-state index >= 15 is 0 Å². The monoisotopic (exact) mass is 325 g/mol. The Balaban J connectivity index is 2.23. The minimum atomic E-state index is 0.111. The lowest BCUT2D eigenvalue weighted by Crippen LogP contribution is -2.11. The SMILES string of the molecule is CCCCCCCCC(=O)Nc1ccc(C)cc1Br. The lowest BCUT2D eigenvalue weighted by atomic mass is 10.1. The molecule has 0 unspecified atom stereocenters. The smallest absolute Gasteiger partial charge is 0.224 e. The Kier molecular flexibility index (Phi) is 7.80. The van der Waals surface area contributed by atoms with Crippen LogP contribution in [0.25, 0.3) is 0 Å². The lowest BCUT2D eigenvalue weighted by Gasteiger charge is -2.08. The van der Waals surface area contributed by atoms with Gasteiger partial charge in [-0.1, -0.05) is 45.1 Å². The second-order valence-corrected chi connectivity index (χ2v) is 5.90. The van der Waals surface area contributed by atoms with E-state index < -0.39 is 0 Å². The molecule has 0 heterocycles. The van der Waals surface area contributed by atoms with E-state index in [0.29, 0.717) is 6.42 Å². The lowest BCUT2D eigenvalue weighted by molar-refractivity contribution is -0.116. The second-order valence-electron chi connectivity index (χ2n) is 5.05. The zero-order valence-corrected chi connectivity index (χ0v) is 13.6. The van der Waals surface area contributed by atoms with Gasteiger partial charge in [-0.3, -0.25) is 4.79 Å². The predicted octanol–water partition coefficient (Wildman–Crippen LogP) is 5.45. The van der Waals surface area contributed by atoms with Gasteiger partial charge in [-0.15, -0.1) is 0 Å². The number of anilines is 1. The van der Waals surface area contributed by atoms with Crippen LogP contribution in [0.3, 0.4) is 0 Å². The first-order valence-corrected chi connectivity index (χ1v) is 7.98. The number of carbonyl (C=O) groups is 1. The summed E-state index contributed by atoms with van der Waals surface area (Å²) in [5, 5.41) is 2.95. The molecule has 0 fully saturated rings. The number of benzene rings is 1. The van der Waals surface area contributed by atoms with Crippen LogP contribution in [-0.4, -0.2) is 5.91 Å². The molecule has 19 heavy (non-hydrogen) atoms. The van der Waals surface area contributed by atoms with Crippen LogP contribution in [0.1, 0.15) is 57.4 Å². The van der Waals surface area contributed by atoms with Crippen LogP contribution in [0.2, 0.25) is 0 Å². The number of hydrogen-bond acceptors (Lipinski definition) is 1. The Morgan fingerprint density at radius 3 is 2.53 bits per heavy atom. The minimum absolute atomic E-state index is 0.111. The molecule has 2 nitrogen and oxygen atoms in total. The van der Waals surface area contributed by atoms with Gasteiger partial charge in [0, 0.05) is 10.9 Å². The first-order chi connectivity index (χ1) is 9.13. The molecule has 0 aliphatic carbocycles. The Morgan fingerprint density at radius 1 is 1.16 bits per heavy atom. The van der Waals surface area contributed by atoms with Crippen LogP contribution in [0.4, 0.5) is 5.69 Å². The quantitative estimate of drug-likeness (QED) is 0.633. The van der Waals surface area contributed by atoms with Crippen LogP contribution in [0.5, 0.6) is 0 Å². The molecular formula is C16H24BrNO. The van der Waals surface area contributed by atoms with E-state index in [0.717, 1.165) is 23.0 Å². The number of hydrogen-bond donors (Lipinski definition) is 1. The summed E-state index contributed by atoms with van der Waals surface area (Å²) < 4.78 is 0.948. The highest BCUT2D eigenvalue weighted by Gasteiger charge is 2.05. The fourth-order valence-electron chi connectivity index (χ4n) is 2.00. The van der Waals surface area contributed by atoms with Crippen LogP contribution in [0.15, 0.2) is 22.7 Å². The van der Waals surface area contributed by atoms with E-state index in [1.807, 2.05) is 25.1 Å². The molecule has 0 aromatic heterocycles. The van der Waals surface area contributed by atoms with Crippen molar-refractivity contribution in [1.29, 1.82) is 0 Å². The zero-order chi connectivity index (χ0) is 14.1. The van der Waals surface area contributed by atoms with Crippen molar-refractivity contribution >= 4 is 27.5 Å². The van der Waals surface area contributed by atoms with Crippen molar-refractivity contribution in [3.8, 4) is 0 Å². The summed E-state index contributed by atoms with van der Waals surface area (Å²) >= 11 is 3.47. The molecule has 0 bridgehead atoms. The van der Waals surface area contributed by atoms with E-state index in [1.54, 1.807) is 0 Å². The van der Waals surface area contributed by atoms with Gasteiger partial charge in [0.25, 0.3) is 0 Å². The van der Waals surface area contributed by atoms with Crippen molar-refractivity contribution in [2.45, 2.75) is 58.8 Å². The van der Waals surface area contributed by atoms with Crippen molar-refractivity contribution in [3.63, 3.8) is 0 Å². The maximum absolute atomic E-state index is 11.8. The van der Waals surface area contributed by atoms with Gasteiger partial charge >= 0.3 is 0 Å². The molecule has 106 valence electrons. The van der Waals surface area contributed by atoms with Gasteiger partial charge in [-0.25, -0.2) is 0 Å². The molecule has 0 atom stereocenters. The van der Waals surface area contributed by atoms with Crippen molar-refractivity contribution in [1.82, 2.24) is 0 Å². The van der Waals surface area contributed by atoms with Gasteiger partial charge in [0.1, 0.15) is 0 Å². The van der Waals surface area contributed by atoms with Crippen LogP contribution < -0.4 is 5.32 Å². The molecule has 1 aromatic rings. The molecular weight excluding hydrogens is 302 g/mol. The first kappa shape index (κ1) is 16.2. The number of aryl methyl sites for hydroxylation is 1. The number of carbonyl (C=O) groups excluding carboxylic acids is 1. The number of halogens is 1. The third-order valence-electron chi connectivity index (χ3n) is 3.16. The molecule has 1 aromatic carbocycles. The summed E-state index contributed by atoms with van der Waals surface area (Å²) in [6, 6.07) is 5.96. The molecule has 0 spiro atoms. The average Bonchev–Trinajstić information content (AvgIpc) is 2.37. The molecule has 1 amide bonds. The van der Waals surface area contributed by atoms with Gasteiger partial charge in [0.05, 0.1) is 5.69 Å². The topological polar surface area (TPSA) is 29.1 Å². The van der Waals surface area contributed by atoms with E-state index in [-0.39, 0.29) is 5.91 Å². The number of amides is 1. The van der Waals surface area contributed by atoms with E-state index in [4.69, 9.17) is 0 Å². The number of rotatable bonds is 8. The molecule has 1 N–H and O–H groups in total. The van der Waals surface area contributed by atoms with Gasteiger partial charge in [-0.05, 0) is 47.0 Å². The summed E-state index contributed by atoms with van der Waals surface area (Å²) in [6.07, 6.45) is 7.87. The van der Waals surface area contributed by atoms with Gasteiger partial charge in [-0.2, -0.15) is 0 Å². The molecule has 0 saturated heterocycles. The summed E-state index contributed by atoms with van der Waals surface area (Å²) in [7, 11) is 0. The predicted molar refractivity (Wildman–Crippen MR) is 85.5 cm³/mol. The maximum atomic E-state index is 11.8. The molecule has 0 aliphatic rings. The van der Waals surface area contributed by atoms with Gasteiger partial charge < -0.3 is 5.32 Å². The zero-order valence-electron chi connectivity index (χ0n) is 12.0. The molecule has 0 radical (unpaired) electrons. The van der Waals surface area contributed by atoms with Crippen molar-refractivity contribution < 1.29 is 4.79 Å². The Labute approximate surface area is 125 Å². The first-order valence-electron chi connectivity index (χ1n) is 7.19. The van der Waals surface area contributed by atoms with E-state index in [1.165, 1.54) is 31.2 Å². The molecule has 3 heteroatoms. The fraction of sp³-hybridized carbons (Fsp3) is 0.562. The average molecular weight is 326 g/mol. The van der Waals surface area contributed by atoms with Gasteiger partial charge in [0.15, 0.2) is 0 Å². The standard InChI is InChI=1S/C16H24BrNO/c1-3-4-5-6-7-8-9-16(19)18-15-11-10-13(2)12-14(15)17/h10-12H,3-9H2,1-2H3,(H,18,19). The number of nitrogens with one attached hydrogen (secondary N) is 1. The summed E-state index contributed by atoms with van der Waals surface area (Å²) in [5.41, 5.74) is 2.04. The fourth-order valence-corrected chi connectivity index (χ4v) is 2.59. The molecule has 1 rings (SSSR count). The van der Waals surface area contributed by atoms with Crippen LogP contribution >= 0.6 is 15.9 Å². The Morgan fingerprint density at radius 2 is 1.84 bits per heavy atom. The maximum Gasteiger partial charge on any atom is 0.224 e. The second kappa shape index (κ2) is 9.13. The normalized spacial score (nSPS) is 10.5. The van der Waals surface area contributed by atoms with Crippen molar-refractivity contribution in [2.24, 2.45) is 0 Å². The Hall–Kier alpha value is -0.830. The summed E-state index contributed by atoms with van der Waals surface area (Å²) in [4.78, 5) is 11.8. The number of unbranched alkanes of at least 4 members (excludes halogenated alkanes) is 5. The minimum Gasteiger partial charge on any atom is -0.325 e. The van der Waals surface area contributed by atoms with Crippen LogP contribution in [0, 0.1) is 6.92 Å². The highest BCUT2D eigenvalue weighted by atomic mass is 79.9.